The van der Waals surface area contributed by atoms with Gasteiger partial charge < -0.3 is 11.1 Å². The third-order valence-corrected chi connectivity index (χ3v) is 2.23. The highest BCUT2D eigenvalue weighted by atomic mass is 19.3. The number of halogens is 4. The standard InChI is InChI=1S/C11H12F4N2O/c12-10(13,6-16)7-17-9(18)11(14,15)8-4-2-1-3-5-8/h1-5H,6-7,16H2,(H,17,18). The molecule has 1 rings (SSSR count). The third kappa shape index (κ3) is 3.43. The van der Waals surface area contributed by atoms with Gasteiger partial charge in [-0.3, -0.25) is 4.79 Å². The SMILES string of the molecule is NCC(F)(F)CNC(=O)C(F)(F)c1ccccc1. The number of carbonyl (C=O) groups excluding carboxylic acids is 1. The fraction of sp³-hybridized carbons (Fsp3) is 0.364. The lowest BCUT2D eigenvalue weighted by Crippen LogP contribution is -2.46. The molecule has 3 N–H and O–H groups in total. The van der Waals surface area contributed by atoms with Crippen molar-refractivity contribution in [3.63, 3.8) is 0 Å². The minimum atomic E-state index is -3.86. The highest BCUT2D eigenvalue weighted by molar-refractivity contribution is 5.84. The molecule has 0 aromatic heterocycles. The normalized spacial score (nSPS) is 12.3. The minimum Gasteiger partial charge on any atom is -0.344 e. The number of nitrogens with two attached hydrogens (primary N) is 1. The molecule has 0 unspecified atom stereocenters. The Kier molecular flexibility index (Phi) is 4.28. The average Bonchev–Trinajstić information content (AvgIpc) is 2.37. The molecular weight excluding hydrogens is 252 g/mol. The van der Waals surface area contributed by atoms with Crippen molar-refractivity contribution in [2.75, 3.05) is 13.1 Å². The molecule has 7 heteroatoms. The van der Waals surface area contributed by atoms with Crippen LogP contribution in [0.2, 0.25) is 0 Å². The maximum absolute atomic E-state index is 13.5. The zero-order valence-electron chi connectivity index (χ0n) is 9.30. The van der Waals surface area contributed by atoms with Gasteiger partial charge in [0.1, 0.15) is 0 Å². The lowest BCUT2D eigenvalue weighted by atomic mass is 10.1. The van der Waals surface area contributed by atoms with Gasteiger partial charge in [0, 0.05) is 5.56 Å². The van der Waals surface area contributed by atoms with Crippen molar-refractivity contribution in [2.24, 2.45) is 5.73 Å². The zero-order valence-corrected chi connectivity index (χ0v) is 9.30. The van der Waals surface area contributed by atoms with E-state index in [1.807, 2.05) is 0 Å². The topological polar surface area (TPSA) is 55.1 Å². The van der Waals surface area contributed by atoms with Gasteiger partial charge >= 0.3 is 5.92 Å². The maximum Gasteiger partial charge on any atom is 0.349 e. The predicted octanol–water partition coefficient (Wildman–Crippen LogP) is 1.49. The first kappa shape index (κ1) is 14.4. The summed E-state index contributed by atoms with van der Waals surface area (Å²) in [5.74, 6) is -9.03. The van der Waals surface area contributed by atoms with E-state index in [1.54, 1.807) is 0 Å². The van der Waals surface area contributed by atoms with Crippen molar-refractivity contribution in [1.82, 2.24) is 5.32 Å². The number of carbonyl (C=O) groups is 1. The van der Waals surface area contributed by atoms with Crippen molar-refractivity contribution in [3.05, 3.63) is 35.9 Å². The van der Waals surface area contributed by atoms with E-state index in [-0.39, 0.29) is 0 Å². The van der Waals surface area contributed by atoms with Crippen molar-refractivity contribution in [1.29, 1.82) is 0 Å². The first-order valence-electron chi connectivity index (χ1n) is 5.09. The number of alkyl halides is 4. The summed E-state index contributed by atoms with van der Waals surface area (Å²) in [7, 11) is 0. The lowest BCUT2D eigenvalue weighted by molar-refractivity contribution is -0.148. The number of hydrogen-bond acceptors (Lipinski definition) is 2. The molecule has 0 saturated carbocycles. The maximum atomic E-state index is 13.5. The first-order chi connectivity index (χ1) is 8.29. The van der Waals surface area contributed by atoms with Gasteiger partial charge in [0.15, 0.2) is 0 Å². The summed E-state index contributed by atoms with van der Waals surface area (Å²) in [6, 6.07) is 6.23. The highest BCUT2D eigenvalue weighted by Gasteiger charge is 2.42. The molecule has 0 bridgehead atoms. The number of benzene rings is 1. The summed E-state index contributed by atoms with van der Waals surface area (Å²) in [6.45, 7) is -2.24. The second-order valence-corrected chi connectivity index (χ2v) is 3.68. The zero-order chi connectivity index (χ0) is 13.8. The quantitative estimate of drug-likeness (QED) is 0.792. The molecule has 3 nitrogen and oxygen atoms in total. The van der Waals surface area contributed by atoms with Gasteiger partial charge in [-0.05, 0) is 0 Å². The summed E-state index contributed by atoms with van der Waals surface area (Å²) >= 11 is 0. The van der Waals surface area contributed by atoms with E-state index in [9.17, 15) is 22.4 Å². The van der Waals surface area contributed by atoms with Crippen LogP contribution in [0, 0.1) is 0 Å². The summed E-state index contributed by atoms with van der Waals surface area (Å²) in [6.07, 6.45) is 0. The van der Waals surface area contributed by atoms with Crippen LogP contribution in [0.5, 0.6) is 0 Å². The van der Waals surface area contributed by atoms with Crippen LogP contribution in [-0.2, 0) is 10.7 Å². The molecule has 0 aliphatic rings. The van der Waals surface area contributed by atoms with Gasteiger partial charge in [-0.1, -0.05) is 30.3 Å². The highest BCUT2D eigenvalue weighted by Crippen LogP contribution is 2.28. The number of rotatable bonds is 5. The van der Waals surface area contributed by atoms with Crippen LogP contribution >= 0.6 is 0 Å². The molecular formula is C11H12F4N2O. The average molecular weight is 264 g/mol. The monoisotopic (exact) mass is 264 g/mol. The molecule has 100 valence electrons. The van der Waals surface area contributed by atoms with Crippen LogP contribution in [0.15, 0.2) is 30.3 Å². The van der Waals surface area contributed by atoms with Crippen molar-refractivity contribution in [3.8, 4) is 0 Å². The molecule has 0 radical (unpaired) electrons. The van der Waals surface area contributed by atoms with Gasteiger partial charge in [-0.2, -0.15) is 8.78 Å². The molecule has 1 aromatic rings. The molecule has 0 spiro atoms. The van der Waals surface area contributed by atoms with Crippen molar-refractivity contribution >= 4 is 5.91 Å². The van der Waals surface area contributed by atoms with Crippen LogP contribution in [0.3, 0.4) is 0 Å². The van der Waals surface area contributed by atoms with Crippen LogP contribution < -0.4 is 11.1 Å². The van der Waals surface area contributed by atoms with Crippen molar-refractivity contribution < 1.29 is 22.4 Å². The van der Waals surface area contributed by atoms with Crippen LogP contribution in [0.1, 0.15) is 5.56 Å². The van der Waals surface area contributed by atoms with E-state index in [2.05, 4.69) is 0 Å². The Morgan fingerprint density at radius 3 is 2.22 bits per heavy atom. The van der Waals surface area contributed by atoms with Gasteiger partial charge in [-0.25, -0.2) is 8.78 Å². The largest absolute Gasteiger partial charge is 0.349 e. The summed E-state index contributed by atoms with van der Waals surface area (Å²) in [4.78, 5) is 11.2. The van der Waals surface area contributed by atoms with Crippen LogP contribution in [-0.4, -0.2) is 24.9 Å². The molecule has 0 saturated heterocycles. The van der Waals surface area contributed by atoms with Crippen LogP contribution in [0.25, 0.3) is 0 Å². The molecule has 0 fully saturated rings. The molecule has 1 aromatic carbocycles. The summed E-state index contributed by atoms with van der Waals surface area (Å²) in [5.41, 5.74) is 4.17. The minimum absolute atomic E-state index is 0.557. The van der Waals surface area contributed by atoms with E-state index >= 15 is 0 Å². The number of nitrogens with one attached hydrogen (secondary N) is 1. The number of amides is 1. The molecule has 0 aliphatic carbocycles. The van der Waals surface area contributed by atoms with Gasteiger partial charge in [-0.15, -0.1) is 0 Å². The van der Waals surface area contributed by atoms with Gasteiger partial charge in [0.05, 0.1) is 13.1 Å². The molecule has 1 amide bonds. The molecule has 0 heterocycles. The fourth-order valence-corrected chi connectivity index (χ4v) is 1.17. The first-order valence-corrected chi connectivity index (χ1v) is 5.09. The fourth-order valence-electron chi connectivity index (χ4n) is 1.17. The second kappa shape index (κ2) is 5.34. The van der Waals surface area contributed by atoms with E-state index < -0.39 is 36.4 Å². The Balaban J connectivity index is 2.72. The lowest BCUT2D eigenvalue weighted by Gasteiger charge is -2.19. The smallest absolute Gasteiger partial charge is 0.344 e. The van der Waals surface area contributed by atoms with E-state index in [0.717, 1.165) is 12.1 Å². The van der Waals surface area contributed by atoms with Gasteiger partial charge in [0.2, 0.25) is 0 Å². The Hall–Kier alpha value is -1.63. The second-order valence-electron chi connectivity index (χ2n) is 3.68. The van der Waals surface area contributed by atoms with E-state index in [4.69, 9.17) is 5.73 Å². The Bertz CT molecular complexity index is 409. The van der Waals surface area contributed by atoms with Crippen LogP contribution in [0.4, 0.5) is 17.6 Å². The Morgan fingerprint density at radius 2 is 1.72 bits per heavy atom. The van der Waals surface area contributed by atoms with Crippen molar-refractivity contribution in [2.45, 2.75) is 11.8 Å². The Labute approximate surface area is 101 Å². The Morgan fingerprint density at radius 1 is 1.17 bits per heavy atom. The number of hydrogen-bond donors (Lipinski definition) is 2. The van der Waals surface area contributed by atoms with E-state index in [0.29, 0.717) is 0 Å². The summed E-state index contributed by atoms with van der Waals surface area (Å²) in [5, 5.41) is 1.49. The molecule has 18 heavy (non-hydrogen) atoms. The van der Waals surface area contributed by atoms with Gasteiger partial charge in [0.25, 0.3) is 11.8 Å². The van der Waals surface area contributed by atoms with E-state index in [1.165, 1.54) is 23.5 Å². The predicted molar refractivity (Wildman–Crippen MR) is 57.3 cm³/mol. The third-order valence-electron chi connectivity index (χ3n) is 2.23. The molecule has 0 aliphatic heterocycles. The summed E-state index contributed by atoms with van der Waals surface area (Å²) < 4.78 is 52.5. The molecule has 0 atom stereocenters.